The molecular weight excluding hydrogens is 302 g/mol. The summed E-state index contributed by atoms with van der Waals surface area (Å²) in [6.07, 6.45) is 8.16. The van der Waals surface area contributed by atoms with Crippen LogP contribution in [0.15, 0.2) is 0 Å². The summed E-state index contributed by atoms with van der Waals surface area (Å²) in [5, 5.41) is 0. The molecule has 2 bridgehead atoms. The predicted octanol–water partition coefficient (Wildman–Crippen LogP) is 1.46. The smallest absolute Gasteiger partial charge is 0.225 e. The van der Waals surface area contributed by atoms with E-state index in [1.165, 1.54) is 19.3 Å². The quantitative estimate of drug-likeness (QED) is 0.830. The second kappa shape index (κ2) is 7.30. The zero-order valence-electron chi connectivity index (χ0n) is 14.9. The number of fused-ring (bicyclic) bond motifs is 2. The molecule has 0 aromatic carbocycles. The number of hydrogen-bond acceptors (Lipinski definition) is 4. The average molecular weight is 335 g/mol. The van der Waals surface area contributed by atoms with Crippen LogP contribution in [-0.2, 0) is 9.53 Å². The zero-order valence-corrected chi connectivity index (χ0v) is 14.9. The van der Waals surface area contributed by atoms with Gasteiger partial charge in [-0.1, -0.05) is 6.42 Å². The van der Waals surface area contributed by atoms with Crippen LogP contribution in [-0.4, -0.2) is 67.2 Å². The molecule has 2 heterocycles. The van der Waals surface area contributed by atoms with Gasteiger partial charge >= 0.3 is 0 Å². The molecule has 0 spiro atoms. The third-order valence-electron chi connectivity index (χ3n) is 7.10. The number of carbonyl (C=O) groups excluding carboxylic acids is 1. The molecule has 0 radical (unpaired) electrons. The molecule has 4 rings (SSSR count). The van der Waals surface area contributed by atoms with Crippen molar-refractivity contribution in [2.45, 2.75) is 57.0 Å². The number of rotatable bonds is 2. The normalized spacial score (nSPS) is 39.0. The molecule has 4 aliphatic rings. The monoisotopic (exact) mass is 335 g/mol. The van der Waals surface area contributed by atoms with Gasteiger partial charge in [-0.05, 0) is 50.4 Å². The number of piperazine rings is 1. The molecule has 4 fully saturated rings. The van der Waals surface area contributed by atoms with E-state index in [1.807, 2.05) is 0 Å². The van der Waals surface area contributed by atoms with Crippen LogP contribution in [0.1, 0.15) is 44.9 Å². The summed E-state index contributed by atoms with van der Waals surface area (Å²) >= 11 is 0. The molecule has 136 valence electrons. The summed E-state index contributed by atoms with van der Waals surface area (Å²) in [7, 11) is 0. The Balaban J connectivity index is 1.30. The Morgan fingerprint density at radius 2 is 1.54 bits per heavy atom. The van der Waals surface area contributed by atoms with Crippen LogP contribution in [0.4, 0.5) is 0 Å². The van der Waals surface area contributed by atoms with E-state index >= 15 is 0 Å². The van der Waals surface area contributed by atoms with E-state index in [-0.39, 0.29) is 5.92 Å². The Hall–Kier alpha value is -0.650. The first-order valence-corrected chi connectivity index (χ1v) is 10.1. The predicted molar refractivity (Wildman–Crippen MR) is 93.5 cm³/mol. The van der Waals surface area contributed by atoms with Crippen molar-refractivity contribution in [1.29, 1.82) is 0 Å². The molecule has 2 aliphatic heterocycles. The van der Waals surface area contributed by atoms with E-state index in [1.54, 1.807) is 0 Å². The van der Waals surface area contributed by atoms with E-state index in [2.05, 4.69) is 9.80 Å². The molecule has 0 aromatic heterocycles. The van der Waals surface area contributed by atoms with E-state index in [9.17, 15) is 4.79 Å². The van der Waals surface area contributed by atoms with Crippen molar-refractivity contribution in [3.8, 4) is 0 Å². The van der Waals surface area contributed by atoms with Crippen molar-refractivity contribution in [3.05, 3.63) is 0 Å². The molecule has 5 nitrogen and oxygen atoms in total. The van der Waals surface area contributed by atoms with Gasteiger partial charge in [-0.2, -0.15) is 0 Å². The number of amides is 1. The van der Waals surface area contributed by atoms with Gasteiger partial charge < -0.3 is 15.4 Å². The maximum absolute atomic E-state index is 13.0. The van der Waals surface area contributed by atoms with Crippen molar-refractivity contribution < 1.29 is 9.53 Å². The van der Waals surface area contributed by atoms with Crippen LogP contribution in [0, 0.1) is 17.8 Å². The molecule has 2 N–H and O–H groups in total. The number of nitrogens with two attached hydrogens (primary N) is 1. The summed E-state index contributed by atoms with van der Waals surface area (Å²) < 4.78 is 5.47. The fourth-order valence-electron chi connectivity index (χ4n) is 5.61. The van der Waals surface area contributed by atoms with Crippen molar-refractivity contribution in [2.24, 2.45) is 23.5 Å². The maximum atomic E-state index is 13.0. The first-order valence-electron chi connectivity index (χ1n) is 10.1. The fraction of sp³-hybridized carbons (Fsp3) is 0.947. The van der Waals surface area contributed by atoms with Crippen LogP contribution < -0.4 is 5.73 Å². The minimum absolute atomic E-state index is 0.245. The molecule has 0 aromatic rings. The van der Waals surface area contributed by atoms with Crippen molar-refractivity contribution in [2.75, 3.05) is 39.4 Å². The van der Waals surface area contributed by atoms with Gasteiger partial charge in [0.2, 0.25) is 5.91 Å². The Bertz CT molecular complexity index is 430. The topological polar surface area (TPSA) is 58.8 Å². The average Bonchev–Trinajstić information content (AvgIpc) is 2.62. The molecule has 2 aliphatic carbocycles. The molecule has 2 unspecified atom stereocenters. The lowest BCUT2D eigenvalue weighted by Gasteiger charge is -2.46. The largest absolute Gasteiger partial charge is 0.381 e. The minimum atomic E-state index is 0.245. The summed E-state index contributed by atoms with van der Waals surface area (Å²) in [6.45, 7) is 5.69. The van der Waals surface area contributed by atoms with Crippen molar-refractivity contribution in [1.82, 2.24) is 9.80 Å². The Labute approximate surface area is 145 Å². The van der Waals surface area contributed by atoms with Gasteiger partial charge in [0, 0.05) is 57.4 Å². The van der Waals surface area contributed by atoms with Crippen LogP contribution in [0.3, 0.4) is 0 Å². The highest BCUT2D eigenvalue weighted by molar-refractivity contribution is 5.79. The zero-order chi connectivity index (χ0) is 16.5. The lowest BCUT2D eigenvalue weighted by Crippen LogP contribution is -2.55. The number of nitrogens with zero attached hydrogens (tertiary/aromatic N) is 2. The van der Waals surface area contributed by atoms with E-state index in [0.717, 1.165) is 65.1 Å². The summed E-state index contributed by atoms with van der Waals surface area (Å²) in [6, 6.07) is 1.02. The van der Waals surface area contributed by atoms with Crippen LogP contribution >= 0.6 is 0 Å². The summed E-state index contributed by atoms with van der Waals surface area (Å²) in [5.74, 6) is 1.85. The van der Waals surface area contributed by atoms with Gasteiger partial charge in [0.05, 0.1) is 0 Å². The fourth-order valence-corrected chi connectivity index (χ4v) is 5.61. The van der Waals surface area contributed by atoms with Crippen LogP contribution in [0.5, 0.6) is 0 Å². The van der Waals surface area contributed by atoms with Crippen molar-refractivity contribution >= 4 is 5.91 Å². The Morgan fingerprint density at radius 1 is 0.917 bits per heavy atom. The standard InChI is InChI=1S/C19H33N3O2/c20-18-14-2-1-3-15(18)13-16(12-14)19(23)22-8-6-21(7-9-22)17-4-10-24-11-5-17/h14-18H,1-13,20H2. The summed E-state index contributed by atoms with van der Waals surface area (Å²) in [5.41, 5.74) is 6.38. The second-order valence-electron chi connectivity index (χ2n) is 8.40. The lowest BCUT2D eigenvalue weighted by atomic mass is 9.65. The minimum Gasteiger partial charge on any atom is -0.381 e. The molecule has 1 amide bonds. The van der Waals surface area contributed by atoms with E-state index in [0.29, 0.717) is 29.8 Å². The van der Waals surface area contributed by atoms with Crippen LogP contribution in [0.2, 0.25) is 0 Å². The van der Waals surface area contributed by atoms with Gasteiger partial charge in [0.1, 0.15) is 0 Å². The molecular formula is C19H33N3O2. The second-order valence-corrected chi connectivity index (χ2v) is 8.40. The highest BCUT2D eigenvalue weighted by atomic mass is 16.5. The van der Waals surface area contributed by atoms with Gasteiger partial charge in [-0.15, -0.1) is 0 Å². The molecule has 2 atom stereocenters. The van der Waals surface area contributed by atoms with Gasteiger partial charge in [-0.25, -0.2) is 0 Å². The summed E-state index contributed by atoms with van der Waals surface area (Å²) in [4.78, 5) is 17.7. The van der Waals surface area contributed by atoms with Gasteiger partial charge in [0.25, 0.3) is 0 Å². The van der Waals surface area contributed by atoms with Crippen molar-refractivity contribution in [3.63, 3.8) is 0 Å². The third-order valence-corrected chi connectivity index (χ3v) is 7.10. The van der Waals surface area contributed by atoms with E-state index in [4.69, 9.17) is 10.5 Å². The number of carbonyl (C=O) groups is 1. The Kier molecular flexibility index (Phi) is 5.11. The lowest BCUT2D eigenvalue weighted by molar-refractivity contribution is -0.141. The number of ether oxygens (including phenoxy) is 1. The Morgan fingerprint density at radius 3 is 2.17 bits per heavy atom. The maximum Gasteiger partial charge on any atom is 0.225 e. The van der Waals surface area contributed by atoms with Gasteiger partial charge in [0.15, 0.2) is 0 Å². The molecule has 5 heteroatoms. The molecule has 2 saturated carbocycles. The first-order chi connectivity index (χ1) is 11.7. The molecule has 24 heavy (non-hydrogen) atoms. The van der Waals surface area contributed by atoms with Crippen LogP contribution in [0.25, 0.3) is 0 Å². The van der Waals surface area contributed by atoms with Gasteiger partial charge in [-0.3, -0.25) is 9.69 Å². The van der Waals surface area contributed by atoms with E-state index < -0.39 is 0 Å². The molecule has 2 saturated heterocycles. The number of hydrogen-bond donors (Lipinski definition) is 1. The highest BCUT2D eigenvalue weighted by Crippen LogP contribution is 2.42. The SMILES string of the molecule is NC1C2CCCC1CC(C(=O)N1CCN(C3CCOCC3)CC1)C2. The highest BCUT2D eigenvalue weighted by Gasteiger charge is 2.42. The first kappa shape index (κ1) is 16.8. The third kappa shape index (κ3) is 3.35.